The summed E-state index contributed by atoms with van der Waals surface area (Å²) in [7, 11) is 0. The van der Waals surface area contributed by atoms with Gasteiger partial charge in [-0.1, -0.05) is 42.1 Å². The number of amides is 1. The predicted molar refractivity (Wildman–Crippen MR) is 95.6 cm³/mol. The molecule has 4 nitrogen and oxygen atoms in total. The van der Waals surface area contributed by atoms with Crippen LogP contribution in [0.1, 0.15) is 16.8 Å². The molecule has 0 spiro atoms. The minimum atomic E-state index is -0.0164. The van der Waals surface area contributed by atoms with E-state index in [1.165, 1.54) is 5.70 Å². The molecule has 0 radical (unpaired) electrons. The van der Waals surface area contributed by atoms with Gasteiger partial charge >= 0.3 is 0 Å². The van der Waals surface area contributed by atoms with Crippen LogP contribution in [0.4, 0.5) is 0 Å². The molecule has 1 N–H and O–H groups in total. The number of amidine groups is 1. The van der Waals surface area contributed by atoms with Crippen molar-refractivity contribution in [2.75, 3.05) is 19.6 Å². The number of aliphatic imine (C=N–C) groups is 1. The summed E-state index contributed by atoms with van der Waals surface area (Å²) in [6.45, 7) is 2.48. The summed E-state index contributed by atoms with van der Waals surface area (Å²) >= 11 is 1.68. The van der Waals surface area contributed by atoms with Crippen molar-refractivity contribution in [3.63, 3.8) is 0 Å². The molecule has 2 heterocycles. The zero-order valence-electron chi connectivity index (χ0n) is 12.7. The van der Waals surface area contributed by atoms with Crippen molar-refractivity contribution < 1.29 is 4.79 Å². The summed E-state index contributed by atoms with van der Waals surface area (Å²) in [5, 5.41) is 8.49. The lowest BCUT2D eigenvalue weighted by Crippen LogP contribution is -2.27. The fraction of sp³-hybridized carbons (Fsp3) is 0.222. The minimum absolute atomic E-state index is 0.0164. The van der Waals surface area contributed by atoms with Crippen LogP contribution in [0, 0.1) is 0 Å². The first kappa shape index (κ1) is 14.3. The van der Waals surface area contributed by atoms with Crippen LogP contribution in [0.25, 0.3) is 10.8 Å². The van der Waals surface area contributed by atoms with E-state index in [1.54, 1.807) is 11.8 Å². The van der Waals surface area contributed by atoms with Crippen molar-refractivity contribution in [3.8, 4) is 0 Å². The SMILES string of the molecule is O=C(NCCC1=CSC2=NCCN12)c1ccc2ccccc2c1. The zero-order chi connectivity index (χ0) is 15.6. The molecule has 0 fully saturated rings. The lowest BCUT2D eigenvalue weighted by atomic mass is 10.1. The summed E-state index contributed by atoms with van der Waals surface area (Å²) < 4.78 is 0. The molecule has 1 amide bonds. The number of thioether (sulfide) groups is 1. The van der Waals surface area contributed by atoms with E-state index in [0.717, 1.165) is 35.5 Å². The van der Waals surface area contributed by atoms with E-state index < -0.39 is 0 Å². The number of hydrogen-bond acceptors (Lipinski definition) is 4. The van der Waals surface area contributed by atoms with E-state index >= 15 is 0 Å². The summed E-state index contributed by atoms with van der Waals surface area (Å²) in [4.78, 5) is 19.0. The largest absolute Gasteiger partial charge is 0.352 e. The summed E-state index contributed by atoms with van der Waals surface area (Å²) in [6.07, 6.45) is 0.839. The smallest absolute Gasteiger partial charge is 0.251 e. The first-order valence-electron chi connectivity index (χ1n) is 7.76. The van der Waals surface area contributed by atoms with E-state index in [2.05, 4.69) is 26.7 Å². The topological polar surface area (TPSA) is 44.7 Å². The number of rotatable bonds is 4. The lowest BCUT2D eigenvalue weighted by Gasteiger charge is -2.16. The Labute approximate surface area is 139 Å². The quantitative estimate of drug-likeness (QED) is 0.939. The number of fused-ring (bicyclic) bond motifs is 2. The van der Waals surface area contributed by atoms with E-state index in [-0.39, 0.29) is 5.91 Å². The highest BCUT2D eigenvalue weighted by Crippen LogP contribution is 2.30. The van der Waals surface area contributed by atoms with Gasteiger partial charge in [0.2, 0.25) is 0 Å². The number of carbonyl (C=O) groups is 1. The molecular weight excluding hydrogens is 306 g/mol. The highest BCUT2D eigenvalue weighted by atomic mass is 32.2. The van der Waals surface area contributed by atoms with Gasteiger partial charge in [-0.3, -0.25) is 9.79 Å². The molecular formula is C18H17N3OS. The number of hydrogen-bond donors (Lipinski definition) is 1. The van der Waals surface area contributed by atoms with Crippen LogP contribution < -0.4 is 5.32 Å². The van der Waals surface area contributed by atoms with Crippen molar-refractivity contribution in [3.05, 3.63) is 59.1 Å². The van der Waals surface area contributed by atoms with Gasteiger partial charge in [-0.05, 0) is 28.3 Å². The van der Waals surface area contributed by atoms with Gasteiger partial charge in [0.1, 0.15) is 0 Å². The van der Waals surface area contributed by atoms with Crippen LogP contribution in [0.3, 0.4) is 0 Å². The Morgan fingerprint density at radius 1 is 1.22 bits per heavy atom. The standard InChI is InChI=1S/C18H17N3OS/c22-17(15-6-5-13-3-1-2-4-14(13)11-15)19-8-7-16-12-23-18-20-9-10-21(16)18/h1-6,11-12H,7-10H2,(H,19,22). The Balaban J connectivity index is 1.37. The second kappa shape index (κ2) is 6.08. The van der Waals surface area contributed by atoms with Crippen LogP contribution >= 0.6 is 11.8 Å². The Morgan fingerprint density at radius 3 is 3.00 bits per heavy atom. The van der Waals surface area contributed by atoms with E-state index in [4.69, 9.17) is 0 Å². The van der Waals surface area contributed by atoms with E-state index in [1.807, 2.05) is 36.4 Å². The molecule has 0 aliphatic carbocycles. The third kappa shape index (κ3) is 2.84. The Hall–Kier alpha value is -2.27. The van der Waals surface area contributed by atoms with Gasteiger partial charge in [-0.2, -0.15) is 0 Å². The third-order valence-electron chi connectivity index (χ3n) is 4.13. The molecule has 0 saturated carbocycles. The highest BCUT2D eigenvalue weighted by molar-refractivity contribution is 8.16. The zero-order valence-corrected chi connectivity index (χ0v) is 13.5. The fourth-order valence-corrected chi connectivity index (χ4v) is 3.90. The van der Waals surface area contributed by atoms with Crippen LogP contribution in [-0.2, 0) is 0 Å². The number of benzene rings is 2. The molecule has 2 aromatic carbocycles. The maximum atomic E-state index is 12.3. The van der Waals surface area contributed by atoms with Crippen LogP contribution in [0.2, 0.25) is 0 Å². The van der Waals surface area contributed by atoms with Crippen molar-refractivity contribution in [1.29, 1.82) is 0 Å². The lowest BCUT2D eigenvalue weighted by molar-refractivity contribution is 0.0954. The average Bonchev–Trinajstić information content (AvgIpc) is 3.19. The fourth-order valence-electron chi connectivity index (χ4n) is 2.91. The van der Waals surface area contributed by atoms with Gasteiger partial charge in [-0.15, -0.1) is 0 Å². The average molecular weight is 323 g/mol. The maximum Gasteiger partial charge on any atom is 0.251 e. The predicted octanol–water partition coefficient (Wildman–Crippen LogP) is 3.22. The van der Waals surface area contributed by atoms with E-state index in [0.29, 0.717) is 12.1 Å². The number of nitrogens with one attached hydrogen (secondary N) is 1. The monoisotopic (exact) mass is 323 g/mol. The minimum Gasteiger partial charge on any atom is -0.352 e. The van der Waals surface area contributed by atoms with Crippen LogP contribution in [-0.4, -0.2) is 35.6 Å². The molecule has 23 heavy (non-hydrogen) atoms. The molecule has 0 saturated heterocycles. The van der Waals surface area contributed by atoms with Gasteiger partial charge in [0.25, 0.3) is 5.91 Å². The molecule has 0 unspecified atom stereocenters. The second-order valence-corrected chi connectivity index (χ2v) is 6.45. The summed E-state index contributed by atoms with van der Waals surface area (Å²) in [6, 6.07) is 13.9. The molecule has 0 atom stereocenters. The van der Waals surface area contributed by atoms with Crippen LogP contribution in [0.15, 0.2) is 58.6 Å². The molecule has 2 aliphatic rings. The first-order valence-corrected chi connectivity index (χ1v) is 8.64. The number of carbonyl (C=O) groups excluding carboxylic acids is 1. The summed E-state index contributed by atoms with van der Waals surface area (Å²) in [5.41, 5.74) is 1.96. The molecule has 2 aliphatic heterocycles. The Morgan fingerprint density at radius 2 is 2.09 bits per heavy atom. The van der Waals surface area contributed by atoms with Gasteiger partial charge < -0.3 is 10.2 Å². The Bertz CT molecular complexity index is 828. The summed E-state index contributed by atoms with van der Waals surface area (Å²) in [5.74, 6) is -0.0164. The molecule has 0 bridgehead atoms. The number of nitrogens with zero attached hydrogens (tertiary/aromatic N) is 2. The molecule has 2 aromatic rings. The Kier molecular flexibility index (Phi) is 3.79. The van der Waals surface area contributed by atoms with Crippen LogP contribution in [0.5, 0.6) is 0 Å². The van der Waals surface area contributed by atoms with Crippen molar-refractivity contribution in [1.82, 2.24) is 10.2 Å². The van der Waals surface area contributed by atoms with Crippen molar-refractivity contribution in [2.45, 2.75) is 6.42 Å². The highest BCUT2D eigenvalue weighted by Gasteiger charge is 2.25. The van der Waals surface area contributed by atoms with Gasteiger partial charge in [-0.25, -0.2) is 0 Å². The van der Waals surface area contributed by atoms with Gasteiger partial charge in [0.05, 0.1) is 6.54 Å². The van der Waals surface area contributed by atoms with Crippen molar-refractivity contribution >= 4 is 33.6 Å². The van der Waals surface area contributed by atoms with Gasteiger partial charge in [0, 0.05) is 30.8 Å². The molecule has 116 valence electrons. The third-order valence-corrected chi connectivity index (χ3v) is 5.08. The van der Waals surface area contributed by atoms with Crippen molar-refractivity contribution in [2.24, 2.45) is 4.99 Å². The maximum absolute atomic E-state index is 12.3. The molecule has 5 heteroatoms. The first-order chi connectivity index (χ1) is 11.3. The molecule has 0 aromatic heterocycles. The molecule has 4 rings (SSSR count). The second-order valence-electron chi connectivity index (χ2n) is 5.61. The normalized spacial score (nSPS) is 16.3. The van der Waals surface area contributed by atoms with Gasteiger partial charge in [0.15, 0.2) is 5.17 Å². The van der Waals surface area contributed by atoms with E-state index in [9.17, 15) is 4.79 Å².